The van der Waals surface area contributed by atoms with Crippen LogP contribution in [0, 0.1) is 12.7 Å². The maximum absolute atomic E-state index is 12.9. The van der Waals surface area contributed by atoms with Crippen molar-refractivity contribution in [2.75, 3.05) is 13.1 Å². The molecule has 2 N–H and O–H groups in total. The lowest BCUT2D eigenvalue weighted by atomic mass is 10.1. The van der Waals surface area contributed by atoms with Crippen molar-refractivity contribution in [1.29, 1.82) is 0 Å². The van der Waals surface area contributed by atoms with Gasteiger partial charge in [-0.3, -0.25) is 0 Å². The first-order valence-electron chi connectivity index (χ1n) is 6.34. The number of nitrogens with one attached hydrogen (secondary N) is 1. The van der Waals surface area contributed by atoms with Gasteiger partial charge in [-0.2, -0.15) is 0 Å². The van der Waals surface area contributed by atoms with Gasteiger partial charge in [-0.15, -0.1) is 0 Å². The molecule has 1 aromatic carbocycles. The van der Waals surface area contributed by atoms with E-state index in [1.165, 1.54) is 12.1 Å². The maximum Gasteiger partial charge on any atom is 0.133 e. The number of aliphatic hydroxyl groups is 1. The van der Waals surface area contributed by atoms with E-state index < -0.39 is 6.10 Å². The number of hydrogen-bond acceptors (Lipinski definition) is 3. The van der Waals surface area contributed by atoms with Crippen molar-refractivity contribution in [3.05, 3.63) is 59.3 Å². The Bertz CT molecular complexity index is 511. The Kier molecular flexibility index (Phi) is 4.71. The largest absolute Gasteiger partial charge is 0.467 e. The second kappa shape index (κ2) is 6.50. The first-order valence-corrected chi connectivity index (χ1v) is 6.34. The highest BCUT2D eigenvalue weighted by atomic mass is 19.1. The molecule has 0 bridgehead atoms. The van der Waals surface area contributed by atoms with Crippen LogP contribution >= 0.6 is 0 Å². The summed E-state index contributed by atoms with van der Waals surface area (Å²) in [5.74, 6) is 0.355. The summed E-state index contributed by atoms with van der Waals surface area (Å²) in [5, 5.41) is 13.0. The van der Waals surface area contributed by atoms with E-state index in [9.17, 15) is 9.50 Å². The van der Waals surface area contributed by atoms with E-state index in [4.69, 9.17) is 4.42 Å². The standard InChI is InChI=1S/C15H18FNO2/c1-11-9-13(16)5-4-12(11)6-7-17-10-14(18)15-3-2-8-19-15/h2-5,8-9,14,17-18H,6-7,10H2,1H3. The summed E-state index contributed by atoms with van der Waals surface area (Å²) in [6, 6.07) is 8.30. The van der Waals surface area contributed by atoms with Crippen LogP contribution in [0.3, 0.4) is 0 Å². The number of rotatable bonds is 6. The second-order valence-corrected chi connectivity index (χ2v) is 4.56. The number of halogens is 1. The number of hydrogen-bond donors (Lipinski definition) is 2. The van der Waals surface area contributed by atoms with Gasteiger partial charge in [0.05, 0.1) is 6.26 Å². The Hall–Kier alpha value is -1.65. The van der Waals surface area contributed by atoms with E-state index in [-0.39, 0.29) is 5.82 Å². The maximum atomic E-state index is 12.9. The van der Waals surface area contributed by atoms with Crippen molar-refractivity contribution in [2.45, 2.75) is 19.4 Å². The molecule has 0 aliphatic carbocycles. The molecule has 4 heteroatoms. The number of aryl methyl sites for hydroxylation is 1. The topological polar surface area (TPSA) is 45.4 Å². The normalized spacial score (nSPS) is 12.6. The first-order chi connectivity index (χ1) is 9.16. The Labute approximate surface area is 112 Å². The minimum absolute atomic E-state index is 0.206. The fourth-order valence-corrected chi connectivity index (χ4v) is 1.98. The quantitative estimate of drug-likeness (QED) is 0.787. The number of benzene rings is 1. The van der Waals surface area contributed by atoms with Gasteiger partial charge in [0.2, 0.25) is 0 Å². The molecule has 0 radical (unpaired) electrons. The van der Waals surface area contributed by atoms with Gasteiger partial charge in [0.1, 0.15) is 17.7 Å². The third-order valence-corrected chi connectivity index (χ3v) is 3.09. The third-order valence-electron chi connectivity index (χ3n) is 3.09. The summed E-state index contributed by atoms with van der Waals surface area (Å²) in [6.07, 6.45) is 1.71. The fraction of sp³-hybridized carbons (Fsp3) is 0.333. The molecule has 19 heavy (non-hydrogen) atoms. The highest BCUT2D eigenvalue weighted by molar-refractivity contribution is 5.26. The molecule has 2 rings (SSSR count). The van der Waals surface area contributed by atoms with Gasteiger partial charge in [-0.25, -0.2) is 4.39 Å². The van der Waals surface area contributed by atoms with Gasteiger partial charge in [0, 0.05) is 6.54 Å². The predicted octanol–water partition coefficient (Wildman–Crippen LogP) is 2.59. The molecule has 0 aliphatic heterocycles. The van der Waals surface area contributed by atoms with E-state index in [1.54, 1.807) is 24.5 Å². The number of furan rings is 1. The molecule has 1 unspecified atom stereocenters. The van der Waals surface area contributed by atoms with Crippen LogP contribution in [0.2, 0.25) is 0 Å². The number of aliphatic hydroxyl groups excluding tert-OH is 1. The van der Waals surface area contributed by atoms with Crippen LogP contribution in [0.5, 0.6) is 0 Å². The molecule has 0 amide bonds. The lowest BCUT2D eigenvalue weighted by Gasteiger charge is -2.10. The van der Waals surface area contributed by atoms with Crippen molar-refractivity contribution in [2.24, 2.45) is 0 Å². The van der Waals surface area contributed by atoms with Gasteiger partial charge in [0.25, 0.3) is 0 Å². The van der Waals surface area contributed by atoms with Crippen molar-refractivity contribution in [3.63, 3.8) is 0 Å². The van der Waals surface area contributed by atoms with Gasteiger partial charge in [0.15, 0.2) is 0 Å². The summed E-state index contributed by atoms with van der Waals surface area (Å²) in [6.45, 7) is 3.06. The molecule has 0 saturated carbocycles. The molecule has 0 spiro atoms. The molecule has 1 aromatic heterocycles. The third kappa shape index (κ3) is 3.91. The Morgan fingerprint density at radius 2 is 2.21 bits per heavy atom. The SMILES string of the molecule is Cc1cc(F)ccc1CCNCC(O)c1ccco1. The zero-order valence-corrected chi connectivity index (χ0v) is 10.9. The van der Waals surface area contributed by atoms with Crippen LogP contribution in [-0.2, 0) is 6.42 Å². The molecular formula is C15H18FNO2. The Morgan fingerprint density at radius 3 is 2.89 bits per heavy atom. The monoisotopic (exact) mass is 263 g/mol. The summed E-state index contributed by atoms with van der Waals surface area (Å²) < 4.78 is 18.1. The lowest BCUT2D eigenvalue weighted by molar-refractivity contribution is 0.148. The molecular weight excluding hydrogens is 245 g/mol. The Morgan fingerprint density at radius 1 is 1.37 bits per heavy atom. The molecule has 3 nitrogen and oxygen atoms in total. The van der Waals surface area contributed by atoms with Gasteiger partial charge < -0.3 is 14.8 Å². The van der Waals surface area contributed by atoms with Crippen LogP contribution in [0.1, 0.15) is 23.0 Å². The van der Waals surface area contributed by atoms with Crippen LogP contribution in [0.15, 0.2) is 41.0 Å². The fourth-order valence-electron chi connectivity index (χ4n) is 1.98. The molecule has 102 valence electrons. The average Bonchev–Trinajstić information content (AvgIpc) is 2.90. The minimum atomic E-state index is -0.635. The van der Waals surface area contributed by atoms with Crippen LogP contribution < -0.4 is 5.32 Å². The van der Waals surface area contributed by atoms with Gasteiger partial charge in [-0.05, 0) is 55.3 Å². The smallest absolute Gasteiger partial charge is 0.133 e. The highest BCUT2D eigenvalue weighted by Gasteiger charge is 2.09. The van der Waals surface area contributed by atoms with Crippen LogP contribution in [0.25, 0.3) is 0 Å². The van der Waals surface area contributed by atoms with Crippen molar-refractivity contribution in [1.82, 2.24) is 5.32 Å². The van der Waals surface area contributed by atoms with E-state index in [0.29, 0.717) is 12.3 Å². The summed E-state index contributed by atoms with van der Waals surface area (Å²) in [5.41, 5.74) is 2.06. The zero-order chi connectivity index (χ0) is 13.7. The predicted molar refractivity (Wildman–Crippen MR) is 71.4 cm³/mol. The highest BCUT2D eigenvalue weighted by Crippen LogP contribution is 2.12. The van der Waals surface area contributed by atoms with Crippen LogP contribution in [0.4, 0.5) is 4.39 Å². The average molecular weight is 263 g/mol. The van der Waals surface area contributed by atoms with Crippen LogP contribution in [-0.4, -0.2) is 18.2 Å². The second-order valence-electron chi connectivity index (χ2n) is 4.56. The van der Waals surface area contributed by atoms with E-state index >= 15 is 0 Å². The summed E-state index contributed by atoms with van der Waals surface area (Å²) in [7, 11) is 0. The van der Waals surface area contributed by atoms with E-state index in [0.717, 1.165) is 24.1 Å². The summed E-state index contributed by atoms with van der Waals surface area (Å²) >= 11 is 0. The van der Waals surface area contributed by atoms with E-state index in [2.05, 4.69) is 5.32 Å². The minimum Gasteiger partial charge on any atom is -0.467 e. The molecule has 0 saturated heterocycles. The molecule has 0 fully saturated rings. The van der Waals surface area contributed by atoms with E-state index in [1.807, 2.05) is 6.92 Å². The zero-order valence-electron chi connectivity index (χ0n) is 10.9. The van der Waals surface area contributed by atoms with Crippen molar-refractivity contribution in [3.8, 4) is 0 Å². The van der Waals surface area contributed by atoms with Gasteiger partial charge in [-0.1, -0.05) is 6.07 Å². The Balaban J connectivity index is 1.75. The lowest BCUT2D eigenvalue weighted by Crippen LogP contribution is -2.23. The van der Waals surface area contributed by atoms with Gasteiger partial charge >= 0.3 is 0 Å². The van der Waals surface area contributed by atoms with Crippen molar-refractivity contribution < 1.29 is 13.9 Å². The first kappa shape index (κ1) is 13.8. The molecule has 1 atom stereocenters. The molecule has 2 aromatic rings. The summed E-state index contributed by atoms with van der Waals surface area (Å²) in [4.78, 5) is 0. The molecule has 1 heterocycles. The van der Waals surface area contributed by atoms with Crippen molar-refractivity contribution >= 4 is 0 Å². The molecule has 0 aliphatic rings.